The van der Waals surface area contributed by atoms with Crippen LogP contribution in [0.4, 0.5) is 0 Å². The molecule has 5 heteroatoms. The average molecular weight is 348 g/mol. The molecule has 134 valence electrons. The highest BCUT2D eigenvalue weighted by Gasteiger charge is 2.28. The molecule has 4 rings (SSSR count). The van der Waals surface area contributed by atoms with Crippen LogP contribution >= 0.6 is 0 Å². The Morgan fingerprint density at radius 2 is 2.00 bits per heavy atom. The zero-order valence-corrected chi connectivity index (χ0v) is 15.1. The second-order valence-electron chi connectivity index (χ2n) is 6.92. The van der Waals surface area contributed by atoms with Crippen molar-refractivity contribution >= 4 is 0 Å². The minimum absolute atomic E-state index is 0.362. The van der Waals surface area contributed by atoms with Gasteiger partial charge in [0.1, 0.15) is 0 Å². The van der Waals surface area contributed by atoms with Gasteiger partial charge in [0.2, 0.25) is 11.8 Å². The van der Waals surface area contributed by atoms with Gasteiger partial charge in [-0.3, -0.25) is 9.88 Å². The summed E-state index contributed by atoms with van der Waals surface area (Å²) in [7, 11) is 0. The molecule has 0 unspecified atom stereocenters. The lowest BCUT2D eigenvalue weighted by atomic mass is 10.1. The van der Waals surface area contributed by atoms with Crippen LogP contribution < -0.4 is 0 Å². The molecule has 1 aliphatic rings. The van der Waals surface area contributed by atoms with E-state index in [1.165, 1.54) is 5.56 Å². The van der Waals surface area contributed by atoms with Gasteiger partial charge in [-0.15, -0.1) is 10.2 Å². The van der Waals surface area contributed by atoms with E-state index in [2.05, 4.69) is 51.3 Å². The number of hydrogen-bond acceptors (Lipinski definition) is 5. The molecule has 5 nitrogen and oxygen atoms in total. The summed E-state index contributed by atoms with van der Waals surface area (Å²) in [5.74, 6) is 1.94. The third kappa shape index (κ3) is 3.83. The van der Waals surface area contributed by atoms with Gasteiger partial charge in [0.05, 0.1) is 11.6 Å². The molecule has 0 radical (unpaired) electrons. The second-order valence-corrected chi connectivity index (χ2v) is 6.92. The Morgan fingerprint density at radius 1 is 1.12 bits per heavy atom. The maximum absolute atomic E-state index is 5.82. The predicted molar refractivity (Wildman–Crippen MR) is 101 cm³/mol. The van der Waals surface area contributed by atoms with Crippen molar-refractivity contribution in [3.8, 4) is 11.3 Å². The van der Waals surface area contributed by atoms with E-state index >= 15 is 0 Å². The molecular formula is C21H24N4O. The Balaban J connectivity index is 1.36. The molecule has 0 amide bonds. The van der Waals surface area contributed by atoms with Gasteiger partial charge in [0.15, 0.2) is 0 Å². The molecule has 0 bridgehead atoms. The van der Waals surface area contributed by atoms with E-state index in [0.29, 0.717) is 5.92 Å². The summed E-state index contributed by atoms with van der Waals surface area (Å²) in [4.78, 5) is 6.87. The highest BCUT2D eigenvalue weighted by Crippen LogP contribution is 2.28. The lowest BCUT2D eigenvalue weighted by molar-refractivity contribution is 0.318. The second kappa shape index (κ2) is 7.79. The average Bonchev–Trinajstić information content (AvgIpc) is 3.33. The smallest absolute Gasteiger partial charge is 0.220 e. The normalized spacial score (nSPS) is 17.7. The molecule has 2 aromatic heterocycles. The van der Waals surface area contributed by atoms with E-state index in [-0.39, 0.29) is 0 Å². The van der Waals surface area contributed by atoms with Crippen molar-refractivity contribution in [2.45, 2.75) is 38.6 Å². The molecule has 0 saturated carbocycles. The van der Waals surface area contributed by atoms with Gasteiger partial charge in [-0.25, -0.2) is 0 Å². The Kier molecular flexibility index (Phi) is 5.07. The zero-order valence-electron chi connectivity index (χ0n) is 15.1. The van der Waals surface area contributed by atoms with Crippen molar-refractivity contribution in [3.05, 3.63) is 66.0 Å². The maximum atomic E-state index is 5.82. The third-order valence-electron chi connectivity index (χ3n) is 4.89. The Morgan fingerprint density at radius 3 is 2.77 bits per heavy atom. The molecule has 26 heavy (non-hydrogen) atoms. The van der Waals surface area contributed by atoms with Crippen LogP contribution in [0.1, 0.15) is 43.0 Å². The topological polar surface area (TPSA) is 55.1 Å². The molecule has 1 fully saturated rings. The van der Waals surface area contributed by atoms with E-state index < -0.39 is 0 Å². The quantitative estimate of drug-likeness (QED) is 0.672. The number of aromatic nitrogens is 3. The summed E-state index contributed by atoms with van der Waals surface area (Å²) in [6.07, 6.45) is 4.82. The van der Waals surface area contributed by atoms with Gasteiger partial charge in [-0.1, -0.05) is 37.3 Å². The minimum atomic E-state index is 0.362. The lowest BCUT2D eigenvalue weighted by Crippen LogP contribution is -2.19. The number of rotatable bonds is 6. The maximum Gasteiger partial charge on any atom is 0.220 e. The minimum Gasteiger partial charge on any atom is -0.425 e. The van der Waals surface area contributed by atoms with Crippen molar-refractivity contribution in [1.29, 1.82) is 0 Å². The fourth-order valence-corrected chi connectivity index (χ4v) is 3.50. The molecule has 3 heterocycles. The Bertz CT molecular complexity index is 829. The molecule has 1 saturated heterocycles. The van der Waals surface area contributed by atoms with E-state index in [4.69, 9.17) is 4.42 Å². The number of pyridine rings is 1. The van der Waals surface area contributed by atoms with Gasteiger partial charge in [0.25, 0.3) is 0 Å². The standard InChI is InChI=1S/C21H24N4O/c1-2-5-20-23-24-21(26-20)18-11-13-25(15-18)14-16-7-9-17(10-8-16)19-6-3-4-12-22-19/h3-4,6-10,12,18H,2,5,11,13-15H2,1H3/t18-/m0/s1. The first-order valence-electron chi connectivity index (χ1n) is 9.37. The summed E-state index contributed by atoms with van der Waals surface area (Å²) in [5, 5.41) is 8.41. The third-order valence-corrected chi connectivity index (χ3v) is 4.89. The van der Waals surface area contributed by atoms with Crippen molar-refractivity contribution in [3.63, 3.8) is 0 Å². The van der Waals surface area contributed by atoms with E-state index in [9.17, 15) is 0 Å². The van der Waals surface area contributed by atoms with Gasteiger partial charge in [0, 0.05) is 31.3 Å². The first-order chi connectivity index (χ1) is 12.8. The van der Waals surface area contributed by atoms with Crippen LogP contribution in [0.25, 0.3) is 11.3 Å². The van der Waals surface area contributed by atoms with E-state index in [0.717, 1.165) is 61.9 Å². The summed E-state index contributed by atoms with van der Waals surface area (Å²) in [6, 6.07) is 14.7. The van der Waals surface area contributed by atoms with Crippen LogP contribution in [0.15, 0.2) is 53.1 Å². The summed E-state index contributed by atoms with van der Waals surface area (Å²) < 4.78 is 5.82. The van der Waals surface area contributed by atoms with Crippen LogP contribution in [0, 0.1) is 0 Å². The van der Waals surface area contributed by atoms with Crippen molar-refractivity contribution < 1.29 is 4.42 Å². The fourth-order valence-electron chi connectivity index (χ4n) is 3.50. The number of benzene rings is 1. The van der Waals surface area contributed by atoms with Crippen molar-refractivity contribution in [2.24, 2.45) is 0 Å². The summed E-state index contributed by atoms with van der Waals surface area (Å²) in [5.41, 5.74) is 3.49. The molecule has 0 aliphatic carbocycles. The monoisotopic (exact) mass is 348 g/mol. The van der Waals surface area contributed by atoms with Crippen molar-refractivity contribution in [2.75, 3.05) is 13.1 Å². The van der Waals surface area contributed by atoms with Crippen LogP contribution in [0.5, 0.6) is 0 Å². The molecule has 3 aromatic rings. The van der Waals surface area contributed by atoms with Crippen LogP contribution in [-0.4, -0.2) is 33.2 Å². The fraction of sp³-hybridized carbons (Fsp3) is 0.381. The Labute approximate surface area is 154 Å². The lowest BCUT2D eigenvalue weighted by Gasteiger charge is -2.15. The summed E-state index contributed by atoms with van der Waals surface area (Å²) >= 11 is 0. The van der Waals surface area contributed by atoms with Gasteiger partial charge in [-0.2, -0.15) is 0 Å². The molecule has 1 aromatic carbocycles. The molecule has 1 atom stereocenters. The first kappa shape index (κ1) is 16.9. The molecule has 0 spiro atoms. The predicted octanol–water partition coefficient (Wildman–Crippen LogP) is 4.07. The number of likely N-dealkylation sites (tertiary alicyclic amines) is 1. The van der Waals surface area contributed by atoms with Crippen LogP contribution in [0.2, 0.25) is 0 Å². The number of hydrogen-bond donors (Lipinski definition) is 0. The van der Waals surface area contributed by atoms with E-state index in [1.807, 2.05) is 24.4 Å². The number of nitrogens with zero attached hydrogens (tertiary/aromatic N) is 4. The highest BCUT2D eigenvalue weighted by molar-refractivity contribution is 5.58. The first-order valence-corrected chi connectivity index (χ1v) is 9.37. The van der Waals surface area contributed by atoms with Crippen LogP contribution in [0.3, 0.4) is 0 Å². The van der Waals surface area contributed by atoms with Crippen LogP contribution in [-0.2, 0) is 13.0 Å². The molecule has 1 aliphatic heterocycles. The van der Waals surface area contributed by atoms with Crippen molar-refractivity contribution in [1.82, 2.24) is 20.1 Å². The molecule has 0 N–H and O–H groups in total. The molecular weight excluding hydrogens is 324 g/mol. The van der Waals surface area contributed by atoms with Gasteiger partial charge in [-0.05, 0) is 37.1 Å². The SMILES string of the molecule is CCCc1nnc([C@H]2CCN(Cc3ccc(-c4ccccn4)cc3)C2)o1. The van der Waals surface area contributed by atoms with E-state index in [1.54, 1.807) is 0 Å². The highest BCUT2D eigenvalue weighted by atomic mass is 16.4. The summed E-state index contributed by atoms with van der Waals surface area (Å²) in [6.45, 7) is 5.13. The Hall–Kier alpha value is -2.53. The largest absolute Gasteiger partial charge is 0.425 e. The van der Waals surface area contributed by atoms with Gasteiger partial charge < -0.3 is 4.42 Å². The zero-order chi connectivity index (χ0) is 17.8. The van der Waals surface area contributed by atoms with Gasteiger partial charge >= 0.3 is 0 Å². The number of aryl methyl sites for hydroxylation is 1.